The molecule has 7 aromatic carbocycles. The molecule has 0 spiro atoms. The van der Waals surface area contributed by atoms with Gasteiger partial charge in [-0.25, -0.2) is 4.79 Å². The Morgan fingerprint density at radius 1 is 0.517 bits per heavy atom. The molecule has 7 aromatic rings. The smallest absolute Gasteiger partial charge is 0.338 e. The van der Waals surface area contributed by atoms with E-state index in [-0.39, 0.29) is 56.3 Å². The Morgan fingerprint density at radius 2 is 1.00 bits per heavy atom. The van der Waals surface area contributed by atoms with Gasteiger partial charge in [-0.1, -0.05) is 182 Å². The van der Waals surface area contributed by atoms with Gasteiger partial charge in [0.1, 0.15) is 61.0 Å². The number of hydrogen-bond acceptors (Lipinski definition) is 17. The second-order valence-corrected chi connectivity index (χ2v) is 21.9. The molecular formula is C69H69NO17. The van der Waals surface area contributed by atoms with Crippen LogP contribution in [0.4, 0.5) is 0 Å². The van der Waals surface area contributed by atoms with Crippen LogP contribution >= 0.6 is 0 Å². The first-order valence-electron chi connectivity index (χ1n) is 29.3. The zero-order chi connectivity index (χ0) is 59.6. The number of hydrogen-bond donors (Lipinski definition) is 1. The summed E-state index contributed by atoms with van der Waals surface area (Å²) in [6, 6.07) is 61.1. The molecule has 0 aliphatic carbocycles. The first kappa shape index (κ1) is 59.9. The summed E-state index contributed by atoms with van der Waals surface area (Å²) in [6.45, 7) is 2.16. The van der Waals surface area contributed by atoms with Crippen molar-refractivity contribution >= 4 is 17.8 Å². The van der Waals surface area contributed by atoms with Crippen molar-refractivity contribution in [1.29, 1.82) is 0 Å². The lowest BCUT2D eigenvalue weighted by Crippen LogP contribution is -2.71. The number of carbonyl (C=O) groups excluding carboxylic acids is 3. The third-order valence-electron chi connectivity index (χ3n) is 16.2. The van der Waals surface area contributed by atoms with Crippen LogP contribution in [0.3, 0.4) is 0 Å². The molecule has 87 heavy (non-hydrogen) atoms. The van der Waals surface area contributed by atoms with E-state index in [2.05, 4.69) is 0 Å². The molecule has 2 amide bonds. The molecule has 0 radical (unpaired) electrons. The molecule has 4 saturated heterocycles. The fourth-order valence-corrected chi connectivity index (χ4v) is 11.8. The van der Waals surface area contributed by atoms with Crippen LogP contribution in [-0.2, 0) is 88.0 Å². The standard InChI is InChI=1S/C69H69NO17/c1-43-56(77-38-45-25-11-4-12-26-45)61(78-39-46-27-13-5-14-28-46)62(79-40-47-29-15-6-16-30-47)69(81-43)86-58-52(41-76-37-44-23-9-3-10-24-44)82-67(75-2)54(70-63(72)50-35-21-22-36-51(50)64(70)73)59(58)87-68-60(84-65(74)48-31-17-7-18-32-48)55(71)57-53(83-68)42-80-66(85-57)49-33-19-8-20-34-49/h3-36,43,52-62,66-69,71H,37-42H2,1-2H3/t43-,52+,53+,54+,55-,56+,57-,58+,59+,60+,61+,62-,66?,67+,68-,69-/m0/s1. The highest BCUT2D eigenvalue weighted by molar-refractivity contribution is 6.21. The van der Waals surface area contributed by atoms with Gasteiger partial charge in [-0.3, -0.25) is 14.5 Å². The number of amides is 2. The summed E-state index contributed by atoms with van der Waals surface area (Å²) in [6.07, 6.45) is -18.4. The number of imide groups is 1. The SMILES string of the molecule is CO[C@@H]1O[C@H](COCc2ccccc2)[C@@H](O[C@@H]2O[C@@H](C)[C@@H](OCc3ccccc3)[C@@H](OCc3ccccc3)[C@@H]2OCc2ccccc2)[C@H](O[C@@H]2O[C@@H]3COC(c4ccccc4)O[C@@H]3[C@H](O)[C@H]2OC(=O)c2ccccc2)[C@H]1N1C(=O)c2ccccc2C1=O. The summed E-state index contributed by atoms with van der Waals surface area (Å²) in [4.78, 5) is 45.5. The largest absolute Gasteiger partial charge is 0.450 e. The highest BCUT2D eigenvalue weighted by Gasteiger charge is 2.60. The van der Waals surface area contributed by atoms with Gasteiger partial charge in [0.2, 0.25) is 0 Å². The van der Waals surface area contributed by atoms with E-state index >= 15 is 9.59 Å². The van der Waals surface area contributed by atoms with Gasteiger partial charge in [-0.2, -0.15) is 0 Å². The van der Waals surface area contributed by atoms with Crippen molar-refractivity contribution in [1.82, 2.24) is 4.90 Å². The molecule has 1 N–H and O–H groups in total. The van der Waals surface area contributed by atoms with Gasteiger partial charge in [0.05, 0.1) is 62.4 Å². The van der Waals surface area contributed by atoms with Gasteiger partial charge in [0.25, 0.3) is 11.8 Å². The fourth-order valence-electron chi connectivity index (χ4n) is 11.8. The zero-order valence-corrected chi connectivity index (χ0v) is 48.0. The van der Waals surface area contributed by atoms with E-state index in [1.807, 2.05) is 159 Å². The zero-order valence-electron chi connectivity index (χ0n) is 48.0. The Balaban J connectivity index is 0.968. The van der Waals surface area contributed by atoms with E-state index in [4.69, 9.17) is 61.6 Å². The van der Waals surface area contributed by atoms with Crippen LogP contribution in [0.2, 0.25) is 0 Å². The summed E-state index contributed by atoms with van der Waals surface area (Å²) >= 11 is 0. The Labute approximate surface area is 504 Å². The van der Waals surface area contributed by atoms with Gasteiger partial charge >= 0.3 is 5.97 Å². The number of nitrogens with zero attached hydrogens (tertiary/aromatic N) is 1. The van der Waals surface area contributed by atoms with Crippen molar-refractivity contribution in [2.45, 2.75) is 132 Å². The van der Waals surface area contributed by atoms with Crippen molar-refractivity contribution in [2.75, 3.05) is 20.3 Å². The van der Waals surface area contributed by atoms with Crippen molar-refractivity contribution < 1.29 is 81.1 Å². The molecule has 4 fully saturated rings. The van der Waals surface area contributed by atoms with E-state index in [1.54, 1.807) is 54.6 Å². The summed E-state index contributed by atoms with van der Waals surface area (Å²) in [5.74, 6) is -2.15. The van der Waals surface area contributed by atoms with Crippen LogP contribution in [0.15, 0.2) is 206 Å². The Morgan fingerprint density at radius 3 is 1.56 bits per heavy atom. The number of aliphatic hydroxyl groups excluding tert-OH is 1. The monoisotopic (exact) mass is 1180 g/mol. The first-order chi connectivity index (χ1) is 42.7. The van der Waals surface area contributed by atoms with Crippen LogP contribution in [0.25, 0.3) is 0 Å². The number of carbonyl (C=O) groups is 3. The molecule has 16 atom stereocenters. The third kappa shape index (κ3) is 13.7. The van der Waals surface area contributed by atoms with Gasteiger partial charge < -0.3 is 66.7 Å². The summed E-state index contributed by atoms with van der Waals surface area (Å²) in [5, 5.41) is 12.7. The molecule has 5 heterocycles. The minimum atomic E-state index is -1.70. The molecule has 5 aliphatic heterocycles. The number of methoxy groups -OCH3 is 1. The van der Waals surface area contributed by atoms with Crippen LogP contribution in [0, 0.1) is 0 Å². The first-order valence-corrected chi connectivity index (χ1v) is 29.3. The molecule has 0 bridgehead atoms. The average Bonchev–Trinajstić information content (AvgIpc) is 2.18. The molecule has 452 valence electrons. The Hall–Kier alpha value is -7.37. The Kier molecular flexibility index (Phi) is 19.4. The number of fused-ring (bicyclic) bond motifs is 2. The predicted molar refractivity (Wildman–Crippen MR) is 312 cm³/mol. The topological polar surface area (TPSA) is 195 Å². The van der Waals surface area contributed by atoms with Gasteiger partial charge in [0.15, 0.2) is 31.3 Å². The van der Waals surface area contributed by atoms with Crippen LogP contribution < -0.4 is 0 Å². The molecule has 12 rings (SSSR count). The lowest BCUT2D eigenvalue weighted by Gasteiger charge is -2.53. The number of esters is 1. The van der Waals surface area contributed by atoms with Crippen molar-refractivity contribution in [3.8, 4) is 0 Å². The van der Waals surface area contributed by atoms with E-state index in [9.17, 15) is 9.90 Å². The van der Waals surface area contributed by atoms with Crippen LogP contribution in [0.1, 0.15) is 72.1 Å². The summed E-state index contributed by atoms with van der Waals surface area (Å²) < 4.78 is 88.2. The van der Waals surface area contributed by atoms with Gasteiger partial charge in [-0.15, -0.1) is 0 Å². The second kappa shape index (κ2) is 28.2. The molecule has 5 aliphatic rings. The van der Waals surface area contributed by atoms with Crippen molar-refractivity contribution in [3.05, 3.63) is 251 Å². The number of aliphatic hydroxyl groups is 1. The fraction of sp³-hybridized carbons (Fsp3) is 0.348. The molecule has 1 unspecified atom stereocenters. The summed E-state index contributed by atoms with van der Waals surface area (Å²) in [7, 11) is 1.38. The predicted octanol–water partition coefficient (Wildman–Crippen LogP) is 8.94. The molecular weight excluding hydrogens is 1110 g/mol. The normalized spacial score (nSPS) is 29.7. The lowest BCUT2D eigenvalue weighted by molar-refractivity contribution is -0.394. The highest BCUT2D eigenvalue weighted by Crippen LogP contribution is 2.42. The Bertz CT molecular complexity index is 3300. The maximum absolute atomic E-state index is 15.0. The lowest BCUT2D eigenvalue weighted by atomic mass is 9.93. The minimum Gasteiger partial charge on any atom is -0.450 e. The second-order valence-electron chi connectivity index (χ2n) is 21.9. The minimum absolute atomic E-state index is 0.0773. The van der Waals surface area contributed by atoms with Crippen molar-refractivity contribution in [2.24, 2.45) is 0 Å². The van der Waals surface area contributed by atoms with Crippen molar-refractivity contribution in [3.63, 3.8) is 0 Å². The number of benzene rings is 7. The number of ether oxygens (including phenoxy) is 13. The molecule has 18 nitrogen and oxygen atoms in total. The quantitative estimate of drug-likeness (QED) is 0.0499. The molecule has 18 heteroatoms. The summed E-state index contributed by atoms with van der Waals surface area (Å²) in [5.41, 5.74) is 4.63. The van der Waals surface area contributed by atoms with E-state index < -0.39 is 116 Å². The van der Waals surface area contributed by atoms with Gasteiger partial charge in [0, 0.05) is 12.7 Å². The average molecular weight is 1180 g/mol. The van der Waals surface area contributed by atoms with Crippen LogP contribution in [-0.4, -0.2) is 140 Å². The maximum atomic E-state index is 15.0. The van der Waals surface area contributed by atoms with E-state index in [1.165, 1.54) is 7.11 Å². The maximum Gasteiger partial charge on any atom is 0.338 e. The number of rotatable bonds is 22. The highest BCUT2D eigenvalue weighted by atomic mass is 16.8. The van der Waals surface area contributed by atoms with Crippen LogP contribution in [0.5, 0.6) is 0 Å². The molecule has 0 saturated carbocycles. The molecule has 0 aromatic heterocycles. The van der Waals surface area contributed by atoms with E-state index in [0.29, 0.717) is 5.56 Å². The van der Waals surface area contributed by atoms with Gasteiger partial charge in [-0.05, 0) is 53.4 Å². The van der Waals surface area contributed by atoms with E-state index in [0.717, 1.165) is 27.2 Å². The third-order valence-corrected chi connectivity index (χ3v) is 16.2.